The van der Waals surface area contributed by atoms with Crippen LogP contribution in [0, 0.1) is 0 Å². The number of aryl methyl sites for hydroxylation is 6. The second kappa shape index (κ2) is 22.5. The van der Waals surface area contributed by atoms with Crippen molar-refractivity contribution in [3.63, 3.8) is 0 Å². The molecule has 0 spiro atoms. The summed E-state index contributed by atoms with van der Waals surface area (Å²) in [6.45, 7) is 10.7. The molecule has 0 aliphatic carbocycles. The number of ether oxygens (including phenoxy) is 2. The van der Waals surface area contributed by atoms with Gasteiger partial charge in [-0.05, 0) is 104 Å². The van der Waals surface area contributed by atoms with Crippen molar-refractivity contribution in [2.75, 3.05) is 0 Å². The molecule has 0 aromatic heterocycles. The number of hydrogen-bond acceptors (Lipinski definition) is 6. The Morgan fingerprint density at radius 2 is 0.848 bits per heavy atom. The first-order valence-electron chi connectivity index (χ1n) is 18.3. The molecular weight excluding hydrogens is 576 g/mol. The Bertz CT molecular complexity index is 1040. The van der Waals surface area contributed by atoms with E-state index in [4.69, 9.17) is 9.47 Å². The zero-order valence-corrected chi connectivity index (χ0v) is 29.6. The van der Waals surface area contributed by atoms with Gasteiger partial charge in [-0.2, -0.15) is 0 Å². The van der Waals surface area contributed by atoms with Crippen LogP contribution in [0.2, 0.25) is 0 Å². The smallest absolute Gasteiger partial charge is 0.309 e. The van der Waals surface area contributed by atoms with Gasteiger partial charge >= 0.3 is 11.9 Å². The molecule has 0 unspecified atom stereocenters. The number of unbranched alkanes of at least 4 members (excludes halogenated alkanes) is 6. The summed E-state index contributed by atoms with van der Waals surface area (Å²) in [4.78, 5) is 26.0. The minimum Gasteiger partial charge on any atom is -0.507 e. The average Bonchev–Trinajstić information content (AvgIpc) is 3.04. The van der Waals surface area contributed by atoms with Crippen LogP contribution in [0.3, 0.4) is 0 Å². The molecule has 6 heteroatoms. The molecule has 0 atom stereocenters. The van der Waals surface area contributed by atoms with Crippen LogP contribution in [0.4, 0.5) is 0 Å². The van der Waals surface area contributed by atoms with Gasteiger partial charge in [0.1, 0.15) is 11.5 Å². The minimum absolute atomic E-state index is 0.182. The van der Waals surface area contributed by atoms with Crippen LogP contribution >= 0.6 is 0 Å². The van der Waals surface area contributed by atoms with E-state index in [1.165, 1.54) is 0 Å². The van der Waals surface area contributed by atoms with Crippen molar-refractivity contribution >= 4 is 11.9 Å². The average molecular weight is 639 g/mol. The molecule has 0 aliphatic heterocycles. The highest BCUT2D eigenvalue weighted by atomic mass is 16.7. The van der Waals surface area contributed by atoms with Crippen LogP contribution in [-0.4, -0.2) is 28.4 Å². The molecule has 2 aromatic carbocycles. The van der Waals surface area contributed by atoms with Gasteiger partial charge in [0.25, 0.3) is 0 Å². The van der Waals surface area contributed by atoms with Crippen molar-refractivity contribution in [1.82, 2.24) is 0 Å². The molecule has 0 saturated carbocycles. The Kier molecular flexibility index (Phi) is 19.2. The van der Waals surface area contributed by atoms with Crippen LogP contribution in [0.15, 0.2) is 24.3 Å². The number of carbonyl (C=O) groups is 2. The summed E-state index contributed by atoms with van der Waals surface area (Å²) < 4.78 is 11.5. The molecule has 0 saturated heterocycles. The van der Waals surface area contributed by atoms with Crippen molar-refractivity contribution in [3.8, 4) is 11.5 Å². The molecule has 0 bridgehead atoms. The quantitative estimate of drug-likeness (QED) is 0.0675. The SMILES string of the molecule is CCCCCC(OC(=O)CCc1cc(CCCC)c(O)c(CCCC)c1)OC(=O)CCc1cc(CCCC)c(O)c(CCCC)c1. The van der Waals surface area contributed by atoms with Gasteiger partial charge in [0.2, 0.25) is 6.29 Å². The third kappa shape index (κ3) is 14.2. The maximum Gasteiger partial charge on any atom is 0.309 e. The van der Waals surface area contributed by atoms with Gasteiger partial charge in [-0.3, -0.25) is 9.59 Å². The number of carbonyl (C=O) groups excluding carboxylic acids is 2. The van der Waals surface area contributed by atoms with Crippen LogP contribution < -0.4 is 0 Å². The Morgan fingerprint density at radius 3 is 1.15 bits per heavy atom. The van der Waals surface area contributed by atoms with E-state index >= 15 is 0 Å². The van der Waals surface area contributed by atoms with Gasteiger partial charge in [-0.1, -0.05) is 97.4 Å². The Balaban J connectivity index is 2.05. The second-order valence-electron chi connectivity index (χ2n) is 12.8. The third-order valence-electron chi connectivity index (χ3n) is 8.66. The lowest BCUT2D eigenvalue weighted by Gasteiger charge is -2.19. The van der Waals surface area contributed by atoms with Crippen LogP contribution in [0.5, 0.6) is 11.5 Å². The van der Waals surface area contributed by atoms with Crippen molar-refractivity contribution in [2.45, 2.75) is 169 Å². The monoisotopic (exact) mass is 638 g/mol. The molecule has 0 heterocycles. The van der Waals surface area contributed by atoms with E-state index < -0.39 is 6.29 Å². The number of phenols is 2. The molecule has 258 valence electrons. The van der Waals surface area contributed by atoms with E-state index in [-0.39, 0.29) is 24.8 Å². The normalized spacial score (nSPS) is 11.3. The van der Waals surface area contributed by atoms with Gasteiger partial charge in [0.15, 0.2) is 0 Å². The largest absolute Gasteiger partial charge is 0.507 e. The van der Waals surface area contributed by atoms with Crippen molar-refractivity contribution < 1.29 is 29.3 Å². The first-order chi connectivity index (χ1) is 22.3. The standard InChI is InChI=1S/C40H62O6/c1-6-11-16-21-38(45-36(41)24-22-30-26-32(17-12-7-2)39(43)33(27-30)18-13-8-3)46-37(42)25-23-31-28-34(19-14-9-4)40(44)35(29-31)20-15-10-5/h26-29,38,43-44H,6-25H2,1-5H3. The molecule has 0 fully saturated rings. The Hall–Kier alpha value is -3.02. The number of aromatic hydroxyl groups is 2. The predicted molar refractivity (Wildman–Crippen MR) is 187 cm³/mol. The molecule has 2 aromatic rings. The van der Waals surface area contributed by atoms with E-state index in [9.17, 15) is 19.8 Å². The summed E-state index contributed by atoms with van der Waals surface area (Å²) in [6.07, 6.45) is 15.2. The van der Waals surface area contributed by atoms with E-state index in [0.717, 1.165) is 130 Å². The van der Waals surface area contributed by atoms with Crippen molar-refractivity contribution in [1.29, 1.82) is 0 Å². The fourth-order valence-corrected chi connectivity index (χ4v) is 5.79. The lowest BCUT2D eigenvalue weighted by Crippen LogP contribution is -2.25. The molecule has 46 heavy (non-hydrogen) atoms. The first kappa shape index (κ1) is 39.2. The Morgan fingerprint density at radius 1 is 0.522 bits per heavy atom. The highest BCUT2D eigenvalue weighted by Gasteiger charge is 2.20. The maximum absolute atomic E-state index is 13.0. The predicted octanol–water partition coefficient (Wildman–Crippen LogP) is 10.0. The van der Waals surface area contributed by atoms with Crippen molar-refractivity contribution in [3.05, 3.63) is 57.6 Å². The number of esters is 2. The summed E-state index contributed by atoms with van der Waals surface area (Å²) in [7, 11) is 0. The lowest BCUT2D eigenvalue weighted by molar-refractivity contribution is -0.189. The van der Waals surface area contributed by atoms with Gasteiger partial charge in [-0.25, -0.2) is 0 Å². The summed E-state index contributed by atoms with van der Waals surface area (Å²) in [5, 5.41) is 21.6. The van der Waals surface area contributed by atoms with E-state index in [2.05, 4.69) is 34.6 Å². The van der Waals surface area contributed by atoms with E-state index in [1.807, 2.05) is 24.3 Å². The highest BCUT2D eigenvalue weighted by Crippen LogP contribution is 2.30. The summed E-state index contributed by atoms with van der Waals surface area (Å²) in [5.74, 6) is 0.0371. The molecule has 2 rings (SSSR count). The van der Waals surface area contributed by atoms with Crippen LogP contribution in [0.1, 0.15) is 158 Å². The van der Waals surface area contributed by atoms with Crippen molar-refractivity contribution in [2.24, 2.45) is 0 Å². The molecule has 0 radical (unpaired) electrons. The van der Waals surface area contributed by atoms with E-state index in [0.29, 0.717) is 30.8 Å². The minimum atomic E-state index is -0.897. The number of benzene rings is 2. The topological polar surface area (TPSA) is 93.1 Å². The third-order valence-corrected chi connectivity index (χ3v) is 8.66. The molecular formula is C40H62O6. The molecule has 0 aliphatic rings. The van der Waals surface area contributed by atoms with Gasteiger partial charge < -0.3 is 19.7 Å². The lowest BCUT2D eigenvalue weighted by atomic mass is 9.95. The first-order valence-corrected chi connectivity index (χ1v) is 18.3. The second-order valence-corrected chi connectivity index (χ2v) is 12.8. The fraction of sp³-hybridized carbons (Fsp3) is 0.650. The fourth-order valence-electron chi connectivity index (χ4n) is 5.79. The number of phenolic OH excluding ortho intramolecular Hbond substituents is 2. The Labute approximate surface area is 279 Å². The van der Waals surface area contributed by atoms with Crippen LogP contribution in [-0.2, 0) is 57.6 Å². The molecule has 2 N–H and O–H groups in total. The number of hydrogen-bond donors (Lipinski definition) is 2. The summed E-state index contributed by atoms with van der Waals surface area (Å²) >= 11 is 0. The molecule has 0 amide bonds. The number of rotatable bonds is 24. The zero-order valence-electron chi connectivity index (χ0n) is 29.6. The van der Waals surface area contributed by atoms with Gasteiger partial charge in [-0.15, -0.1) is 0 Å². The zero-order chi connectivity index (χ0) is 33.7. The van der Waals surface area contributed by atoms with Gasteiger partial charge in [0, 0.05) is 19.3 Å². The maximum atomic E-state index is 13.0. The van der Waals surface area contributed by atoms with E-state index in [1.54, 1.807) is 0 Å². The van der Waals surface area contributed by atoms with Gasteiger partial charge in [0.05, 0.1) is 0 Å². The summed E-state index contributed by atoms with van der Waals surface area (Å²) in [6, 6.07) is 8.10. The molecule has 6 nitrogen and oxygen atoms in total. The summed E-state index contributed by atoms with van der Waals surface area (Å²) in [5.41, 5.74) is 5.86. The van der Waals surface area contributed by atoms with Crippen LogP contribution in [0.25, 0.3) is 0 Å². The highest BCUT2D eigenvalue weighted by molar-refractivity contribution is 5.72.